The van der Waals surface area contributed by atoms with Gasteiger partial charge in [0, 0.05) is 6.42 Å². The second-order valence-electron chi connectivity index (χ2n) is 3.59. The molecule has 0 amide bonds. The normalized spacial score (nSPS) is 15.3. The molecule has 0 saturated heterocycles. The Kier molecular flexibility index (Phi) is 2.44. The molecular weight excluding hydrogens is 196 g/mol. The summed E-state index contributed by atoms with van der Waals surface area (Å²) < 4.78 is 4.97. The van der Waals surface area contributed by atoms with Gasteiger partial charge in [0.05, 0.1) is 18.1 Å². The van der Waals surface area contributed by atoms with E-state index in [1.54, 1.807) is 23.9 Å². The van der Waals surface area contributed by atoms with Gasteiger partial charge in [-0.2, -0.15) is 11.3 Å². The van der Waals surface area contributed by atoms with Gasteiger partial charge in [-0.25, -0.2) is 0 Å². The fourth-order valence-electron chi connectivity index (χ4n) is 1.46. The van der Waals surface area contributed by atoms with Crippen LogP contribution in [0, 0.1) is 0 Å². The number of hydrogen-bond donors (Lipinski definition) is 1. The van der Waals surface area contributed by atoms with Crippen LogP contribution in [0.4, 0.5) is 0 Å². The van der Waals surface area contributed by atoms with E-state index in [9.17, 15) is 5.11 Å². The zero-order valence-corrected chi connectivity index (χ0v) is 8.75. The Hall–Kier alpha value is -1.06. The summed E-state index contributed by atoms with van der Waals surface area (Å²) in [5.41, 5.74) is 1.18. The van der Waals surface area contributed by atoms with E-state index in [2.05, 4.69) is 0 Å². The number of furan rings is 1. The van der Waals surface area contributed by atoms with Gasteiger partial charge in [-0.15, -0.1) is 0 Å². The van der Waals surface area contributed by atoms with Gasteiger partial charge < -0.3 is 9.52 Å². The quantitative estimate of drug-likeness (QED) is 0.841. The van der Waals surface area contributed by atoms with Crippen molar-refractivity contribution in [2.24, 2.45) is 0 Å². The molecule has 2 aromatic rings. The van der Waals surface area contributed by atoms with Gasteiger partial charge in [0.1, 0.15) is 0 Å². The molecule has 0 aromatic carbocycles. The van der Waals surface area contributed by atoms with Crippen LogP contribution in [0.25, 0.3) is 0 Å². The summed E-state index contributed by atoms with van der Waals surface area (Å²) in [4.78, 5) is 0. The van der Waals surface area contributed by atoms with E-state index in [-0.39, 0.29) is 0 Å². The van der Waals surface area contributed by atoms with E-state index >= 15 is 0 Å². The minimum Gasteiger partial charge on any atom is -0.472 e. The molecule has 2 aromatic heterocycles. The van der Waals surface area contributed by atoms with Crippen molar-refractivity contribution in [3.8, 4) is 0 Å². The molecule has 0 aliphatic carbocycles. The summed E-state index contributed by atoms with van der Waals surface area (Å²) in [6, 6.07) is 3.82. The molecule has 1 unspecified atom stereocenters. The fraction of sp³-hybridized carbons (Fsp3) is 0.273. The molecule has 14 heavy (non-hydrogen) atoms. The maximum atomic E-state index is 10.2. The first-order valence-corrected chi connectivity index (χ1v) is 5.39. The van der Waals surface area contributed by atoms with Crippen molar-refractivity contribution < 1.29 is 9.52 Å². The third kappa shape index (κ3) is 1.89. The highest BCUT2D eigenvalue weighted by Gasteiger charge is 2.24. The summed E-state index contributed by atoms with van der Waals surface area (Å²) >= 11 is 1.60. The predicted molar refractivity (Wildman–Crippen MR) is 56.3 cm³/mol. The Morgan fingerprint density at radius 3 is 2.93 bits per heavy atom. The van der Waals surface area contributed by atoms with Crippen LogP contribution in [0.3, 0.4) is 0 Å². The van der Waals surface area contributed by atoms with Gasteiger partial charge in [-0.05, 0) is 40.9 Å². The van der Waals surface area contributed by atoms with E-state index in [1.807, 2.05) is 29.8 Å². The fourth-order valence-corrected chi connectivity index (χ4v) is 2.25. The first-order valence-electron chi connectivity index (χ1n) is 4.44. The molecule has 74 valence electrons. The Morgan fingerprint density at radius 2 is 2.36 bits per heavy atom. The maximum absolute atomic E-state index is 10.2. The lowest BCUT2D eigenvalue weighted by Crippen LogP contribution is -2.23. The van der Waals surface area contributed by atoms with Crippen LogP contribution < -0.4 is 0 Å². The van der Waals surface area contributed by atoms with Crippen molar-refractivity contribution in [3.63, 3.8) is 0 Å². The average Bonchev–Trinajstić information content (AvgIpc) is 2.71. The minimum absolute atomic E-state index is 0.584. The van der Waals surface area contributed by atoms with Gasteiger partial charge in [-0.3, -0.25) is 0 Å². The summed E-state index contributed by atoms with van der Waals surface area (Å²) in [6.07, 6.45) is 3.88. The Bertz CT molecular complexity index is 373. The number of aliphatic hydroxyl groups is 1. The summed E-state index contributed by atoms with van der Waals surface area (Å²) in [6.45, 7) is 1.82. The van der Waals surface area contributed by atoms with Gasteiger partial charge in [0.15, 0.2) is 0 Å². The van der Waals surface area contributed by atoms with Gasteiger partial charge in [-0.1, -0.05) is 0 Å². The highest BCUT2D eigenvalue weighted by Crippen LogP contribution is 2.26. The Morgan fingerprint density at radius 1 is 1.50 bits per heavy atom. The van der Waals surface area contributed by atoms with Gasteiger partial charge in [0.2, 0.25) is 0 Å². The number of thiophene rings is 1. The van der Waals surface area contributed by atoms with Crippen molar-refractivity contribution in [3.05, 3.63) is 46.5 Å². The molecule has 2 rings (SSSR count). The SMILES string of the molecule is CC(O)(Cc1ccoc1)c1ccsc1. The topological polar surface area (TPSA) is 33.4 Å². The zero-order chi connectivity index (χ0) is 10.0. The van der Waals surface area contributed by atoms with E-state index < -0.39 is 5.60 Å². The largest absolute Gasteiger partial charge is 0.472 e. The zero-order valence-electron chi connectivity index (χ0n) is 7.93. The summed E-state index contributed by atoms with van der Waals surface area (Å²) in [5, 5.41) is 14.2. The smallest absolute Gasteiger partial charge is 0.0935 e. The Labute approximate surface area is 86.8 Å². The lowest BCUT2D eigenvalue weighted by molar-refractivity contribution is 0.0579. The van der Waals surface area contributed by atoms with Crippen LogP contribution in [0.15, 0.2) is 39.8 Å². The highest BCUT2D eigenvalue weighted by atomic mass is 32.1. The minimum atomic E-state index is -0.802. The molecular formula is C11H12O2S. The molecule has 2 nitrogen and oxygen atoms in total. The molecule has 0 saturated carbocycles. The molecule has 1 atom stereocenters. The van der Waals surface area contributed by atoms with Crippen molar-refractivity contribution in [2.75, 3.05) is 0 Å². The average molecular weight is 208 g/mol. The van der Waals surface area contributed by atoms with Gasteiger partial charge >= 0.3 is 0 Å². The van der Waals surface area contributed by atoms with Crippen molar-refractivity contribution >= 4 is 11.3 Å². The molecule has 1 N–H and O–H groups in total. The number of hydrogen-bond acceptors (Lipinski definition) is 3. The third-order valence-electron chi connectivity index (χ3n) is 2.27. The van der Waals surface area contributed by atoms with Crippen LogP contribution in [-0.2, 0) is 12.0 Å². The van der Waals surface area contributed by atoms with Crippen LogP contribution in [-0.4, -0.2) is 5.11 Å². The van der Waals surface area contributed by atoms with Gasteiger partial charge in [0.25, 0.3) is 0 Å². The second kappa shape index (κ2) is 3.59. The highest BCUT2D eigenvalue weighted by molar-refractivity contribution is 7.08. The molecule has 0 radical (unpaired) electrons. The first kappa shape index (κ1) is 9.49. The molecule has 0 fully saturated rings. The maximum Gasteiger partial charge on any atom is 0.0935 e. The van der Waals surface area contributed by atoms with Crippen LogP contribution in [0.5, 0.6) is 0 Å². The predicted octanol–water partition coefficient (Wildman–Crippen LogP) is 2.79. The van der Waals surface area contributed by atoms with E-state index in [0.717, 1.165) is 11.1 Å². The molecule has 3 heteroatoms. The van der Waals surface area contributed by atoms with Crippen LogP contribution >= 0.6 is 11.3 Å². The second-order valence-corrected chi connectivity index (χ2v) is 4.37. The molecule has 0 aliphatic rings. The standard InChI is InChI=1S/C11H12O2S/c1-11(12,10-3-5-14-8-10)6-9-2-4-13-7-9/h2-5,7-8,12H,6H2,1H3. The molecule has 0 aliphatic heterocycles. The van der Waals surface area contributed by atoms with Crippen molar-refractivity contribution in [1.82, 2.24) is 0 Å². The van der Waals surface area contributed by atoms with E-state index in [4.69, 9.17) is 4.42 Å². The Balaban J connectivity index is 2.17. The molecule has 0 bridgehead atoms. The summed E-state index contributed by atoms with van der Waals surface area (Å²) in [7, 11) is 0. The van der Waals surface area contributed by atoms with Crippen molar-refractivity contribution in [2.45, 2.75) is 18.9 Å². The van der Waals surface area contributed by atoms with Crippen LogP contribution in [0.2, 0.25) is 0 Å². The molecule has 2 heterocycles. The molecule has 0 spiro atoms. The monoisotopic (exact) mass is 208 g/mol. The van der Waals surface area contributed by atoms with E-state index in [1.165, 1.54) is 0 Å². The third-order valence-corrected chi connectivity index (χ3v) is 2.95. The number of rotatable bonds is 3. The lowest BCUT2D eigenvalue weighted by Gasteiger charge is -2.21. The first-order chi connectivity index (χ1) is 6.68. The van der Waals surface area contributed by atoms with E-state index in [0.29, 0.717) is 6.42 Å². The van der Waals surface area contributed by atoms with Crippen molar-refractivity contribution in [1.29, 1.82) is 0 Å². The lowest BCUT2D eigenvalue weighted by atomic mass is 9.92. The summed E-state index contributed by atoms with van der Waals surface area (Å²) in [5.74, 6) is 0. The van der Waals surface area contributed by atoms with Crippen LogP contribution in [0.1, 0.15) is 18.1 Å².